The number of carbonyl (C=O) groups is 1. The maximum absolute atomic E-state index is 11.6. The molecule has 0 bridgehead atoms. The van der Waals surface area contributed by atoms with Crippen LogP contribution in [0, 0.1) is 51.2 Å². The average molecular weight is 571 g/mol. The molecule has 0 amide bonds. The number of hydrogen-bond donors (Lipinski definition) is 2. The molecular weight excluding hydrogens is 524 g/mol. The van der Waals surface area contributed by atoms with Gasteiger partial charge in [0, 0.05) is 6.61 Å². The van der Waals surface area contributed by atoms with E-state index in [9.17, 15) is 15.0 Å². The summed E-state index contributed by atoms with van der Waals surface area (Å²) in [5.74, 6) is 5.09. The van der Waals surface area contributed by atoms with Gasteiger partial charge < -0.3 is 10.2 Å². The first-order valence-electron chi connectivity index (χ1n) is 15.4. The Bertz CT molecular complexity index is 1180. The summed E-state index contributed by atoms with van der Waals surface area (Å²) < 4.78 is 0. The Morgan fingerprint density at radius 3 is 2.51 bits per heavy atom. The lowest BCUT2D eigenvalue weighted by Crippen LogP contribution is -2.59. The van der Waals surface area contributed by atoms with Crippen molar-refractivity contribution < 1.29 is 15.0 Å². The minimum absolute atomic E-state index is 0.0125. The lowest BCUT2D eigenvalue weighted by molar-refractivity contribution is -0.150. The van der Waals surface area contributed by atoms with Crippen molar-refractivity contribution in [1.82, 2.24) is 0 Å². The van der Waals surface area contributed by atoms with Crippen LogP contribution in [0.4, 0.5) is 0 Å². The predicted molar refractivity (Wildman–Crippen MR) is 162 cm³/mol. The number of carboxylic acids is 1. The van der Waals surface area contributed by atoms with Gasteiger partial charge >= 0.3 is 5.97 Å². The van der Waals surface area contributed by atoms with E-state index in [0.29, 0.717) is 34.8 Å². The molecule has 0 aromatic heterocycles. The predicted octanol–water partition coefficient (Wildman–Crippen LogP) is 8.83. The normalized spacial score (nSPS) is 43.1. The molecule has 1 aromatic carbocycles. The summed E-state index contributed by atoms with van der Waals surface area (Å²) in [6, 6.07) is 5.52. The van der Waals surface area contributed by atoms with Crippen LogP contribution < -0.4 is 0 Å². The maximum atomic E-state index is 11.6. The van der Waals surface area contributed by atoms with Crippen LogP contribution in [0.2, 0.25) is 5.02 Å². The first-order chi connectivity index (χ1) is 18.5. The molecule has 4 unspecified atom stereocenters. The minimum atomic E-state index is -0.973. The molecule has 5 aliphatic rings. The second kappa shape index (κ2) is 9.80. The topological polar surface area (TPSA) is 57.5 Å². The molecule has 3 nitrogen and oxygen atoms in total. The highest BCUT2D eigenvalue weighted by Crippen LogP contribution is 2.71. The zero-order valence-corrected chi connectivity index (χ0v) is 25.8. The van der Waals surface area contributed by atoms with Crippen LogP contribution in [0.25, 0.3) is 5.57 Å². The van der Waals surface area contributed by atoms with E-state index in [2.05, 4.69) is 45.5 Å². The van der Waals surface area contributed by atoms with Crippen molar-refractivity contribution in [3.63, 3.8) is 0 Å². The van der Waals surface area contributed by atoms with Gasteiger partial charge in [0.05, 0.1) is 10.6 Å². The van der Waals surface area contributed by atoms with Gasteiger partial charge in [0.25, 0.3) is 0 Å². The molecule has 1 saturated heterocycles. The van der Waals surface area contributed by atoms with Crippen molar-refractivity contribution in [2.45, 2.75) is 85.5 Å². The first-order valence-corrected chi connectivity index (χ1v) is 16.9. The SMILES string of the molecule is CC1(C)C(c2ccc(C(=O)O)c(Cl)c2)=CC[C@@]2(C)C1CC[C@@]1(C)C3CC[C@@]4(CO)CCCC4[C@@H]3CSCCC12. The fourth-order valence-electron chi connectivity index (χ4n) is 11.5. The molecule has 4 aliphatic carbocycles. The molecule has 1 aliphatic heterocycles. The van der Waals surface area contributed by atoms with Gasteiger partial charge in [-0.2, -0.15) is 11.8 Å². The summed E-state index contributed by atoms with van der Waals surface area (Å²) in [4.78, 5) is 11.6. The molecule has 6 rings (SSSR count). The molecule has 2 N–H and O–H groups in total. The summed E-state index contributed by atoms with van der Waals surface area (Å²) in [5, 5.41) is 20.4. The van der Waals surface area contributed by atoms with E-state index in [1.54, 1.807) is 6.07 Å². The van der Waals surface area contributed by atoms with E-state index in [0.717, 1.165) is 23.8 Å². The van der Waals surface area contributed by atoms with Crippen LogP contribution in [0.15, 0.2) is 24.3 Å². The highest BCUT2D eigenvalue weighted by molar-refractivity contribution is 7.99. The Hall–Kier alpha value is -0.970. The lowest BCUT2D eigenvalue weighted by atomic mass is 9.39. The molecule has 3 saturated carbocycles. The molecule has 5 heteroatoms. The molecule has 214 valence electrons. The van der Waals surface area contributed by atoms with E-state index in [4.69, 9.17) is 11.6 Å². The number of fused-ring (bicyclic) bond motifs is 7. The maximum Gasteiger partial charge on any atom is 0.337 e. The fourth-order valence-corrected chi connectivity index (χ4v) is 13.0. The number of aliphatic hydroxyl groups excluding tert-OH is 1. The van der Waals surface area contributed by atoms with Gasteiger partial charge in [-0.05, 0) is 137 Å². The Labute approximate surface area is 244 Å². The van der Waals surface area contributed by atoms with E-state index in [1.807, 2.05) is 12.1 Å². The molecule has 1 aromatic rings. The van der Waals surface area contributed by atoms with Gasteiger partial charge in [-0.1, -0.05) is 57.9 Å². The largest absolute Gasteiger partial charge is 0.478 e. The summed E-state index contributed by atoms with van der Waals surface area (Å²) in [7, 11) is 0. The molecule has 4 fully saturated rings. The zero-order valence-electron chi connectivity index (χ0n) is 24.3. The summed E-state index contributed by atoms with van der Waals surface area (Å²) in [6.45, 7) is 10.6. The molecule has 8 atom stereocenters. The van der Waals surface area contributed by atoms with Crippen LogP contribution in [-0.4, -0.2) is 34.3 Å². The van der Waals surface area contributed by atoms with E-state index < -0.39 is 5.97 Å². The van der Waals surface area contributed by atoms with Crippen LogP contribution in [-0.2, 0) is 0 Å². The Morgan fingerprint density at radius 1 is 1.00 bits per heavy atom. The number of thioether (sulfide) groups is 1. The number of benzene rings is 1. The number of aromatic carboxylic acids is 1. The van der Waals surface area contributed by atoms with Gasteiger partial charge in [0.1, 0.15) is 0 Å². The van der Waals surface area contributed by atoms with Crippen molar-refractivity contribution in [3.8, 4) is 0 Å². The van der Waals surface area contributed by atoms with Gasteiger partial charge in [0.15, 0.2) is 0 Å². The monoisotopic (exact) mass is 570 g/mol. The van der Waals surface area contributed by atoms with Crippen molar-refractivity contribution in [2.24, 2.45) is 51.2 Å². The van der Waals surface area contributed by atoms with Crippen molar-refractivity contribution in [2.75, 3.05) is 18.1 Å². The summed E-state index contributed by atoms with van der Waals surface area (Å²) in [5.41, 5.74) is 3.38. The quantitative estimate of drug-likeness (QED) is 0.381. The fraction of sp³-hybridized carbons (Fsp3) is 0.735. The van der Waals surface area contributed by atoms with E-state index in [1.165, 1.54) is 68.4 Å². The van der Waals surface area contributed by atoms with Crippen LogP contribution in [0.5, 0.6) is 0 Å². The Morgan fingerprint density at radius 2 is 1.79 bits per heavy atom. The van der Waals surface area contributed by atoms with Gasteiger partial charge in [-0.25, -0.2) is 4.79 Å². The van der Waals surface area contributed by atoms with E-state index >= 15 is 0 Å². The van der Waals surface area contributed by atoms with Crippen LogP contribution in [0.1, 0.15) is 101 Å². The highest BCUT2D eigenvalue weighted by atomic mass is 35.5. The number of hydrogen-bond acceptors (Lipinski definition) is 3. The Kier molecular flexibility index (Phi) is 7.08. The highest BCUT2D eigenvalue weighted by Gasteiger charge is 2.63. The van der Waals surface area contributed by atoms with Crippen molar-refractivity contribution in [3.05, 3.63) is 40.4 Å². The van der Waals surface area contributed by atoms with Crippen LogP contribution >= 0.6 is 23.4 Å². The zero-order chi connectivity index (χ0) is 27.8. The smallest absolute Gasteiger partial charge is 0.337 e. The Balaban J connectivity index is 1.36. The molecule has 39 heavy (non-hydrogen) atoms. The number of halogens is 1. The number of carboxylic acid groups (broad SMARTS) is 1. The average Bonchev–Trinajstić information content (AvgIpc) is 3.31. The number of aliphatic hydroxyl groups is 1. The second-order valence-electron chi connectivity index (χ2n) is 14.9. The third-order valence-electron chi connectivity index (χ3n) is 13.2. The lowest BCUT2D eigenvalue weighted by Gasteiger charge is -2.66. The number of rotatable bonds is 3. The van der Waals surface area contributed by atoms with Gasteiger partial charge in [0.2, 0.25) is 0 Å². The molecular formula is C34H47ClO3S. The van der Waals surface area contributed by atoms with Crippen molar-refractivity contribution >= 4 is 34.9 Å². The molecule has 1 heterocycles. The van der Waals surface area contributed by atoms with Crippen molar-refractivity contribution in [1.29, 1.82) is 0 Å². The summed E-state index contributed by atoms with van der Waals surface area (Å²) >= 11 is 8.65. The minimum Gasteiger partial charge on any atom is -0.478 e. The summed E-state index contributed by atoms with van der Waals surface area (Å²) in [6.07, 6.45) is 13.8. The third-order valence-corrected chi connectivity index (χ3v) is 14.6. The second-order valence-corrected chi connectivity index (χ2v) is 16.4. The first kappa shape index (κ1) is 28.2. The van der Waals surface area contributed by atoms with Gasteiger partial charge in [-0.15, -0.1) is 0 Å². The van der Waals surface area contributed by atoms with E-state index in [-0.39, 0.29) is 21.8 Å². The molecule has 0 radical (unpaired) electrons. The van der Waals surface area contributed by atoms with Gasteiger partial charge in [-0.3, -0.25) is 0 Å². The standard InChI is InChI=1S/C34H47ClO3S/c1-31(2)24(21-7-8-22(30(37)38)27(35)18-21)9-14-33(4)28(31)11-15-32(3)25-10-16-34(20-36)13-5-6-26(34)23(25)19-39-17-12-29(32)33/h7-9,18,23,25-26,28-29,36H,5-6,10-17,19-20H2,1-4H3,(H,37,38)/t23-,25?,26?,28?,29?,32+,33+,34-/m1/s1. The van der Waals surface area contributed by atoms with Crippen LogP contribution in [0.3, 0.4) is 0 Å². The third kappa shape index (κ3) is 4.12. The number of allylic oxidation sites excluding steroid dienone is 2. The molecule has 0 spiro atoms.